The normalized spacial score (nSPS) is 14.8. The standard InChI is InChI=1S/C14H22OSSi/c1-12(15)13(11-17(2,3)4)10-16-14-8-6-5-7-9-14/h5-10,12,15H,11H2,1-4H3/b13-10+. The van der Waals surface area contributed by atoms with Crippen LogP contribution in [0.1, 0.15) is 6.92 Å². The maximum atomic E-state index is 9.79. The monoisotopic (exact) mass is 266 g/mol. The average molecular weight is 266 g/mol. The maximum Gasteiger partial charge on any atom is 0.0727 e. The zero-order valence-corrected chi connectivity index (χ0v) is 12.9. The Balaban J connectivity index is 2.71. The van der Waals surface area contributed by atoms with Gasteiger partial charge in [-0.2, -0.15) is 0 Å². The van der Waals surface area contributed by atoms with E-state index in [0.29, 0.717) is 0 Å². The summed E-state index contributed by atoms with van der Waals surface area (Å²) in [5, 5.41) is 11.9. The summed E-state index contributed by atoms with van der Waals surface area (Å²) >= 11 is 1.70. The predicted molar refractivity (Wildman–Crippen MR) is 80.2 cm³/mol. The van der Waals surface area contributed by atoms with E-state index < -0.39 is 8.07 Å². The Morgan fingerprint density at radius 3 is 2.35 bits per heavy atom. The molecule has 0 heterocycles. The van der Waals surface area contributed by atoms with Crippen molar-refractivity contribution in [3.8, 4) is 0 Å². The second kappa shape index (κ2) is 6.43. The minimum Gasteiger partial charge on any atom is -0.389 e. The fourth-order valence-corrected chi connectivity index (χ4v) is 4.20. The Labute approximate surface area is 110 Å². The Morgan fingerprint density at radius 2 is 1.88 bits per heavy atom. The van der Waals surface area contributed by atoms with Crippen LogP contribution in [0.25, 0.3) is 0 Å². The predicted octanol–water partition coefficient (Wildman–Crippen LogP) is 4.38. The highest BCUT2D eigenvalue weighted by Crippen LogP contribution is 2.26. The van der Waals surface area contributed by atoms with E-state index in [1.807, 2.05) is 25.1 Å². The molecule has 0 aliphatic rings. The molecule has 0 amide bonds. The third-order valence-electron chi connectivity index (χ3n) is 2.36. The van der Waals surface area contributed by atoms with Crippen LogP contribution < -0.4 is 0 Å². The minimum atomic E-state index is -1.16. The number of rotatable bonds is 5. The van der Waals surface area contributed by atoms with Crippen molar-refractivity contribution >= 4 is 19.8 Å². The Bertz CT molecular complexity index is 366. The van der Waals surface area contributed by atoms with Gasteiger partial charge in [0.05, 0.1) is 6.10 Å². The van der Waals surface area contributed by atoms with E-state index in [2.05, 4.69) is 37.2 Å². The molecule has 17 heavy (non-hydrogen) atoms. The van der Waals surface area contributed by atoms with E-state index >= 15 is 0 Å². The van der Waals surface area contributed by atoms with Crippen LogP contribution in [0.3, 0.4) is 0 Å². The topological polar surface area (TPSA) is 20.2 Å². The lowest BCUT2D eigenvalue weighted by atomic mass is 10.2. The largest absolute Gasteiger partial charge is 0.389 e. The Morgan fingerprint density at radius 1 is 1.29 bits per heavy atom. The first-order valence-corrected chi connectivity index (χ1v) is 10.6. The molecule has 0 saturated heterocycles. The van der Waals surface area contributed by atoms with Crippen LogP contribution in [0.15, 0.2) is 46.2 Å². The van der Waals surface area contributed by atoms with Gasteiger partial charge in [-0.3, -0.25) is 0 Å². The Kier molecular flexibility index (Phi) is 5.50. The van der Waals surface area contributed by atoms with Gasteiger partial charge in [-0.1, -0.05) is 49.6 Å². The molecule has 0 spiro atoms. The molecule has 3 heteroatoms. The summed E-state index contributed by atoms with van der Waals surface area (Å²) in [7, 11) is -1.16. The van der Waals surface area contributed by atoms with Gasteiger partial charge in [0.2, 0.25) is 0 Å². The lowest BCUT2D eigenvalue weighted by molar-refractivity contribution is 0.231. The van der Waals surface area contributed by atoms with Gasteiger partial charge in [0.15, 0.2) is 0 Å². The molecule has 0 fully saturated rings. The zero-order valence-electron chi connectivity index (χ0n) is 11.1. The van der Waals surface area contributed by atoms with Gasteiger partial charge >= 0.3 is 0 Å². The van der Waals surface area contributed by atoms with Gasteiger partial charge in [-0.05, 0) is 36.1 Å². The van der Waals surface area contributed by atoms with E-state index in [9.17, 15) is 5.11 Å². The number of aliphatic hydroxyl groups excluding tert-OH is 1. The van der Waals surface area contributed by atoms with Crippen LogP contribution in [0.4, 0.5) is 0 Å². The Hall–Kier alpha value is -0.513. The van der Waals surface area contributed by atoms with Crippen LogP contribution >= 0.6 is 11.8 Å². The van der Waals surface area contributed by atoms with E-state index in [1.165, 1.54) is 4.90 Å². The maximum absolute atomic E-state index is 9.79. The highest BCUT2D eigenvalue weighted by Gasteiger charge is 2.18. The summed E-state index contributed by atoms with van der Waals surface area (Å²) < 4.78 is 0. The van der Waals surface area contributed by atoms with Crippen molar-refractivity contribution in [3.05, 3.63) is 41.3 Å². The van der Waals surface area contributed by atoms with E-state index in [0.717, 1.165) is 11.6 Å². The van der Waals surface area contributed by atoms with Crippen molar-refractivity contribution in [3.63, 3.8) is 0 Å². The third kappa shape index (κ3) is 6.10. The molecular weight excluding hydrogens is 244 g/mol. The molecule has 1 aromatic carbocycles. The van der Waals surface area contributed by atoms with Gasteiger partial charge in [-0.25, -0.2) is 0 Å². The molecule has 0 saturated carbocycles. The first-order chi connectivity index (χ1) is 7.88. The minimum absolute atomic E-state index is 0.335. The number of benzene rings is 1. The van der Waals surface area contributed by atoms with Crippen LogP contribution in [0.5, 0.6) is 0 Å². The van der Waals surface area contributed by atoms with Gasteiger partial charge in [0.1, 0.15) is 0 Å². The number of hydrogen-bond donors (Lipinski definition) is 1. The second-order valence-electron chi connectivity index (χ2n) is 5.54. The smallest absolute Gasteiger partial charge is 0.0727 e. The summed E-state index contributed by atoms with van der Waals surface area (Å²) in [6.45, 7) is 8.85. The van der Waals surface area contributed by atoms with Crippen molar-refractivity contribution < 1.29 is 5.11 Å². The summed E-state index contributed by atoms with van der Waals surface area (Å²) in [6, 6.07) is 11.3. The number of thioether (sulfide) groups is 1. The second-order valence-corrected chi connectivity index (χ2v) is 12.0. The van der Waals surface area contributed by atoms with Gasteiger partial charge in [-0.15, -0.1) is 0 Å². The van der Waals surface area contributed by atoms with Gasteiger partial charge in [0.25, 0.3) is 0 Å². The van der Waals surface area contributed by atoms with Crippen molar-refractivity contribution in [2.45, 2.75) is 43.6 Å². The van der Waals surface area contributed by atoms with Crippen LogP contribution in [-0.2, 0) is 0 Å². The molecular formula is C14H22OSSi. The molecule has 1 unspecified atom stereocenters. The fraction of sp³-hybridized carbons (Fsp3) is 0.429. The molecule has 0 aromatic heterocycles. The quantitative estimate of drug-likeness (QED) is 0.630. The van der Waals surface area contributed by atoms with Crippen molar-refractivity contribution in [1.29, 1.82) is 0 Å². The summed E-state index contributed by atoms with van der Waals surface area (Å²) in [5.41, 5.74) is 1.16. The molecule has 0 bridgehead atoms. The molecule has 0 aliphatic carbocycles. The summed E-state index contributed by atoms with van der Waals surface area (Å²) in [5.74, 6) is 0. The number of aliphatic hydroxyl groups is 1. The average Bonchev–Trinajstić information content (AvgIpc) is 2.24. The first-order valence-electron chi connectivity index (χ1n) is 5.97. The summed E-state index contributed by atoms with van der Waals surface area (Å²) in [6.07, 6.45) is -0.335. The van der Waals surface area contributed by atoms with E-state index in [1.54, 1.807) is 11.8 Å². The van der Waals surface area contributed by atoms with Crippen LogP contribution in [0.2, 0.25) is 25.7 Å². The molecule has 0 radical (unpaired) electrons. The van der Waals surface area contributed by atoms with Crippen molar-refractivity contribution in [1.82, 2.24) is 0 Å². The molecule has 0 aliphatic heterocycles. The molecule has 1 rings (SSSR count). The van der Waals surface area contributed by atoms with Gasteiger partial charge < -0.3 is 5.11 Å². The lowest BCUT2D eigenvalue weighted by Gasteiger charge is -2.20. The highest BCUT2D eigenvalue weighted by atomic mass is 32.2. The SMILES string of the molecule is CC(O)/C(=C/Sc1ccccc1)C[Si](C)(C)C. The molecule has 1 N–H and O–H groups in total. The van der Waals surface area contributed by atoms with Gasteiger partial charge in [0, 0.05) is 13.0 Å². The molecule has 1 aromatic rings. The van der Waals surface area contributed by atoms with Crippen LogP contribution in [0, 0.1) is 0 Å². The molecule has 1 nitrogen and oxygen atoms in total. The third-order valence-corrected chi connectivity index (χ3v) is 4.79. The van der Waals surface area contributed by atoms with E-state index in [-0.39, 0.29) is 6.10 Å². The van der Waals surface area contributed by atoms with Crippen molar-refractivity contribution in [2.75, 3.05) is 0 Å². The number of hydrogen-bond acceptors (Lipinski definition) is 2. The fourth-order valence-electron chi connectivity index (χ4n) is 1.54. The zero-order chi connectivity index (χ0) is 12.9. The van der Waals surface area contributed by atoms with Crippen molar-refractivity contribution in [2.24, 2.45) is 0 Å². The van der Waals surface area contributed by atoms with E-state index in [4.69, 9.17) is 0 Å². The highest BCUT2D eigenvalue weighted by molar-refractivity contribution is 8.02. The molecule has 94 valence electrons. The molecule has 1 atom stereocenters. The summed E-state index contributed by atoms with van der Waals surface area (Å²) in [4.78, 5) is 1.22. The van der Waals surface area contributed by atoms with Crippen LogP contribution in [-0.4, -0.2) is 19.3 Å². The lowest BCUT2D eigenvalue weighted by Crippen LogP contribution is -2.23. The first kappa shape index (κ1) is 14.5.